The van der Waals surface area contributed by atoms with Gasteiger partial charge < -0.3 is 15.0 Å². The van der Waals surface area contributed by atoms with Crippen LogP contribution in [0.4, 0.5) is 5.95 Å². The predicted octanol–water partition coefficient (Wildman–Crippen LogP) is 2.25. The Balaban J connectivity index is 1.64. The number of nitrogens with one attached hydrogen (secondary N) is 1. The number of ether oxygens (including phenoxy) is 1. The molecule has 0 atom stereocenters. The van der Waals surface area contributed by atoms with Crippen LogP contribution >= 0.6 is 11.6 Å². The minimum atomic E-state index is -0.282. The lowest BCUT2D eigenvalue weighted by Crippen LogP contribution is -2.38. The second kappa shape index (κ2) is 8.27. The SMILES string of the molecule is Cc1ccccc1CCNC(=O)c1nc(N2CCOCC2)ncc1Cl. The van der Waals surface area contributed by atoms with Crippen molar-refractivity contribution in [2.45, 2.75) is 13.3 Å². The Bertz CT molecular complexity index is 748. The lowest BCUT2D eigenvalue weighted by molar-refractivity contribution is 0.0949. The van der Waals surface area contributed by atoms with E-state index in [2.05, 4.69) is 34.3 Å². The van der Waals surface area contributed by atoms with Crippen LogP contribution in [0.15, 0.2) is 30.5 Å². The number of amides is 1. The zero-order chi connectivity index (χ0) is 17.6. The summed E-state index contributed by atoms with van der Waals surface area (Å²) >= 11 is 6.12. The van der Waals surface area contributed by atoms with Crippen molar-refractivity contribution in [3.8, 4) is 0 Å². The summed E-state index contributed by atoms with van der Waals surface area (Å²) in [6.07, 6.45) is 2.24. The lowest BCUT2D eigenvalue weighted by atomic mass is 10.1. The number of anilines is 1. The molecular weight excluding hydrogens is 340 g/mol. The number of halogens is 1. The minimum Gasteiger partial charge on any atom is -0.378 e. The van der Waals surface area contributed by atoms with E-state index >= 15 is 0 Å². The second-order valence-corrected chi connectivity index (χ2v) is 6.31. The van der Waals surface area contributed by atoms with Gasteiger partial charge in [-0.3, -0.25) is 4.79 Å². The van der Waals surface area contributed by atoms with Gasteiger partial charge in [0.1, 0.15) is 0 Å². The van der Waals surface area contributed by atoms with Gasteiger partial charge in [-0.15, -0.1) is 0 Å². The molecule has 1 aromatic heterocycles. The quantitative estimate of drug-likeness (QED) is 0.885. The molecule has 0 aliphatic carbocycles. The molecule has 1 aliphatic heterocycles. The summed E-state index contributed by atoms with van der Waals surface area (Å²) in [4.78, 5) is 23.0. The molecule has 0 spiro atoms. The molecule has 3 rings (SSSR count). The summed E-state index contributed by atoms with van der Waals surface area (Å²) in [6, 6.07) is 8.13. The molecule has 0 unspecified atom stereocenters. The molecule has 0 saturated carbocycles. The third kappa shape index (κ3) is 4.46. The molecule has 0 bridgehead atoms. The van der Waals surface area contributed by atoms with Crippen molar-refractivity contribution in [2.24, 2.45) is 0 Å². The summed E-state index contributed by atoms with van der Waals surface area (Å²) in [5.74, 6) is 0.229. The van der Waals surface area contributed by atoms with Crippen LogP contribution in [-0.2, 0) is 11.2 Å². The van der Waals surface area contributed by atoms with Gasteiger partial charge in [-0.25, -0.2) is 9.97 Å². The molecule has 1 amide bonds. The number of carbonyl (C=O) groups excluding carboxylic acids is 1. The monoisotopic (exact) mass is 360 g/mol. The van der Waals surface area contributed by atoms with Gasteiger partial charge in [0.25, 0.3) is 5.91 Å². The molecule has 25 heavy (non-hydrogen) atoms. The summed E-state index contributed by atoms with van der Waals surface area (Å²) in [5, 5.41) is 3.14. The normalized spacial score (nSPS) is 14.4. The Hall–Kier alpha value is -2.18. The van der Waals surface area contributed by atoms with E-state index in [1.807, 2.05) is 17.0 Å². The smallest absolute Gasteiger partial charge is 0.271 e. The summed E-state index contributed by atoms with van der Waals surface area (Å²) < 4.78 is 5.32. The topological polar surface area (TPSA) is 67.4 Å². The summed E-state index contributed by atoms with van der Waals surface area (Å²) in [7, 11) is 0. The van der Waals surface area contributed by atoms with E-state index < -0.39 is 0 Å². The Morgan fingerprint density at radius 3 is 2.84 bits per heavy atom. The number of carbonyl (C=O) groups is 1. The fourth-order valence-electron chi connectivity index (χ4n) is 2.72. The standard InChI is InChI=1S/C18H21ClN4O2/c1-13-4-2-3-5-14(13)6-7-20-17(24)16-15(19)12-21-18(22-16)23-8-10-25-11-9-23/h2-5,12H,6-11H2,1H3,(H,20,24). The molecule has 132 valence electrons. The maximum Gasteiger partial charge on any atom is 0.271 e. The average Bonchev–Trinajstić information content (AvgIpc) is 2.64. The first-order valence-corrected chi connectivity index (χ1v) is 8.71. The zero-order valence-corrected chi connectivity index (χ0v) is 14.9. The summed E-state index contributed by atoms with van der Waals surface area (Å²) in [5.41, 5.74) is 2.64. The van der Waals surface area contributed by atoms with Crippen LogP contribution in [0.25, 0.3) is 0 Å². The number of aryl methyl sites for hydroxylation is 1. The van der Waals surface area contributed by atoms with Gasteiger partial charge in [-0.2, -0.15) is 0 Å². The highest BCUT2D eigenvalue weighted by Crippen LogP contribution is 2.17. The molecule has 1 aliphatic rings. The van der Waals surface area contributed by atoms with E-state index in [0.717, 1.165) is 6.42 Å². The van der Waals surface area contributed by atoms with Gasteiger partial charge in [0.15, 0.2) is 5.69 Å². The van der Waals surface area contributed by atoms with Gasteiger partial charge >= 0.3 is 0 Å². The van der Waals surface area contributed by atoms with E-state index in [-0.39, 0.29) is 16.6 Å². The van der Waals surface area contributed by atoms with Crippen molar-refractivity contribution in [1.82, 2.24) is 15.3 Å². The molecule has 0 radical (unpaired) electrons. The fourth-order valence-corrected chi connectivity index (χ4v) is 2.89. The van der Waals surface area contributed by atoms with Crippen LogP contribution in [0.1, 0.15) is 21.6 Å². The number of hydrogen-bond acceptors (Lipinski definition) is 5. The Morgan fingerprint density at radius 1 is 1.32 bits per heavy atom. The van der Waals surface area contributed by atoms with Gasteiger partial charge in [0.05, 0.1) is 24.4 Å². The van der Waals surface area contributed by atoms with Gasteiger partial charge in [-0.1, -0.05) is 35.9 Å². The van der Waals surface area contributed by atoms with E-state index in [0.29, 0.717) is 38.8 Å². The van der Waals surface area contributed by atoms with Crippen molar-refractivity contribution in [1.29, 1.82) is 0 Å². The molecule has 1 fully saturated rings. The Labute approximate surface area is 152 Å². The van der Waals surface area contributed by atoms with Crippen LogP contribution in [0.5, 0.6) is 0 Å². The Morgan fingerprint density at radius 2 is 2.08 bits per heavy atom. The number of nitrogens with zero attached hydrogens (tertiary/aromatic N) is 3. The van der Waals surface area contributed by atoms with Gasteiger partial charge in [0, 0.05) is 19.6 Å². The Kier molecular flexibility index (Phi) is 5.83. The van der Waals surface area contributed by atoms with Gasteiger partial charge in [-0.05, 0) is 24.5 Å². The molecule has 2 aromatic rings. The molecule has 1 saturated heterocycles. The fraction of sp³-hybridized carbons (Fsp3) is 0.389. The first kappa shape index (κ1) is 17.6. The zero-order valence-electron chi connectivity index (χ0n) is 14.2. The van der Waals surface area contributed by atoms with E-state index in [9.17, 15) is 4.79 Å². The molecule has 1 aromatic carbocycles. The number of aromatic nitrogens is 2. The third-order valence-electron chi connectivity index (χ3n) is 4.18. The minimum absolute atomic E-state index is 0.211. The maximum atomic E-state index is 12.4. The largest absolute Gasteiger partial charge is 0.378 e. The first-order chi connectivity index (χ1) is 12.1. The molecule has 2 heterocycles. The third-order valence-corrected chi connectivity index (χ3v) is 4.46. The van der Waals surface area contributed by atoms with Crippen molar-refractivity contribution in [2.75, 3.05) is 37.7 Å². The van der Waals surface area contributed by atoms with E-state index in [1.165, 1.54) is 17.3 Å². The maximum absolute atomic E-state index is 12.4. The molecular formula is C18H21ClN4O2. The van der Waals surface area contributed by atoms with Crippen molar-refractivity contribution >= 4 is 23.5 Å². The highest BCUT2D eigenvalue weighted by molar-refractivity contribution is 6.33. The molecule has 1 N–H and O–H groups in total. The van der Waals surface area contributed by atoms with Crippen LogP contribution < -0.4 is 10.2 Å². The average molecular weight is 361 g/mol. The van der Waals surface area contributed by atoms with Crippen LogP contribution in [-0.4, -0.2) is 48.7 Å². The second-order valence-electron chi connectivity index (χ2n) is 5.90. The van der Waals surface area contributed by atoms with E-state index in [1.54, 1.807) is 0 Å². The highest BCUT2D eigenvalue weighted by Gasteiger charge is 2.18. The van der Waals surface area contributed by atoms with E-state index in [4.69, 9.17) is 16.3 Å². The number of hydrogen-bond donors (Lipinski definition) is 1. The molecule has 7 heteroatoms. The predicted molar refractivity (Wildman–Crippen MR) is 97.3 cm³/mol. The summed E-state index contributed by atoms with van der Waals surface area (Å²) in [6.45, 7) is 5.25. The number of morpholine rings is 1. The van der Waals surface area contributed by atoms with Gasteiger partial charge in [0.2, 0.25) is 5.95 Å². The molecule has 6 nitrogen and oxygen atoms in total. The van der Waals surface area contributed by atoms with Crippen molar-refractivity contribution in [3.05, 3.63) is 52.3 Å². The first-order valence-electron chi connectivity index (χ1n) is 8.33. The van der Waals surface area contributed by atoms with Crippen molar-refractivity contribution < 1.29 is 9.53 Å². The van der Waals surface area contributed by atoms with Crippen molar-refractivity contribution in [3.63, 3.8) is 0 Å². The number of benzene rings is 1. The number of rotatable bonds is 5. The van der Waals surface area contributed by atoms with Crippen LogP contribution in [0.2, 0.25) is 5.02 Å². The van der Waals surface area contributed by atoms with Crippen LogP contribution in [0, 0.1) is 6.92 Å². The lowest BCUT2D eigenvalue weighted by Gasteiger charge is -2.26. The van der Waals surface area contributed by atoms with Crippen LogP contribution in [0.3, 0.4) is 0 Å². The highest BCUT2D eigenvalue weighted by atomic mass is 35.5.